The number of benzene rings is 6. The average molecular weight is 859 g/mol. The maximum atomic E-state index is 13.0. The predicted molar refractivity (Wildman–Crippen MR) is 231 cm³/mol. The number of esters is 6. The molecule has 4 unspecified atom stereocenters. The van der Waals surface area contributed by atoms with Gasteiger partial charge in [-0.05, 0) is 133 Å². The van der Waals surface area contributed by atoms with Crippen LogP contribution in [-0.4, -0.2) is 98.9 Å². The van der Waals surface area contributed by atoms with Crippen LogP contribution in [0.3, 0.4) is 0 Å². The van der Waals surface area contributed by atoms with Crippen molar-refractivity contribution < 1.29 is 67.0 Å². The van der Waals surface area contributed by atoms with Gasteiger partial charge < -0.3 is 38.3 Å². The fourth-order valence-corrected chi connectivity index (χ4v) is 6.25. The molecule has 0 heterocycles. The standard InChI is InChI=1S/C49H46O14/c1-28(50)24-58-44(51)40-12-6-32-7-13-42(23-43(32)22-40)49(56)63-31(4)27-61-47(54)39-16-10-36-21-41(17-11-35(36)20-39)48(55)62-30(3)26-60-46(53)38-15-9-33-18-37(14-8-34(33)19-38)45(52)59-25-29(2)57-5/h6-23,28-31,50H,24-27H2,1-5H3. The zero-order chi connectivity index (χ0) is 45.2. The molecule has 0 saturated heterocycles. The van der Waals surface area contributed by atoms with Crippen molar-refractivity contribution in [3.63, 3.8) is 0 Å². The lowest BCUT2D eigenvalue weighted by atomic mass is 10.0. The third-order valence-electron chi connectivity index (χ3n) is 9.76. The first-order valence-electron chi connectivity index (χ1n) is 20.1. The summed E-state index contributed by atoms with van der Waals surface area (Å²) in [6.45, 7) is 6.05. The van der Waals surface area contributed by atoms with Crippen LogP contribution in [0.5, 0.6) is 0 Å². The molecule has 326 valence electrons. The van der Waals surface area contributed by atoms with Crippen LogP contribution in [-0.2, 0) is 33.2 Å². The number of aliphatic hydroxyl groups excluding tert-OH is 1. The summed E-state index contributed by atoms with van der Waals surface area (Å²) in [4.78, 5) is 76.5. The maximum absolute atomic E-state index is 13.0. The quantitative estimate of drug-likeness (QED) is 0.0695. The first kappa shape index (κ1) is 45.4. The molecule has 0 fully saturated rings. The minimum atomic E-state index is -0.802. The van der Waals surface area contributed by atoms with Gasteiger partial charge in [0.25, 0.3) is 0 Å². The second-order valence-corrected chi connectivity index (χ2v) is 15.1. The zero-order valence-corrected chi connectivity index (χ0v) is 35.3. The molecule has 0 saturated carbocycles. The summed E-state index contributed by atoms with van der Waals surface area (Å²) in [5, 5.41) is 13.5. The molecule has 0 amide bonds. The van der Waals surface area contributed by atoms with Crippen LogP contribution in [0.4, 0.5) is 0 Å². The van der Waals surface area contributed by atoms with Crippen molar-refractivity contribution in [2.45, 2.75) is 52.1 Å². The molecule has 6 aromatic carbocycles. The molecular weight excluding hydrogens is 813 g/mol. The van der Waals surface area contributed by atoms with Crippen LogP contribution < -0.4 is 0 Å². The Morgan fingerprint density at radius 2 is 0.651 bits per heavy atom. The number of carbonyl (C=O) groups excluding carboxylic acids is 6. The molecule has 0 aliphatic rings. The van der Waals surface area contributed by atoms with Gasteiger partial charge in [0, 0.05) is 7.11 Å². The molecule has 6 rings (SSSR count). The molecule has 4 atom stereocenters. The second-order valence-electron chi connectivity index (χ2n) is 15.1. The number of ether oxygens (including phenoxy) is 7. The van der Waals surface area contributed by atoms with Gasteiger partial charge in [-0.25, -0.2) is 28.8 Å². The molecule has 1 N–H and O–H groups in total. The molecule has 0 bridgehead atoms. The Morgan fingerprint density at radius 3 is 0.968 bits per heavy atom. The molecule has 14 heteroatoms. The van der Waals surface area contributed by atoms with Crippen molar-refractivity contribution in [1.82, 2.24) is 0 Å². The van der Waals surface area contributed by atoms with Gasteiger partial charge in [0.15, 0.2) is 0 Å². The lowest BCUT2D eigenvalue weighted by Gasteiger charge is -2.15. The number of aliphatic hydroxyl groups is 1. The number of carbonyl (C=O) groups is 6. The van der Waals surface area contributed by atoms with Gasteiger partial charge in [-0.3, -0.25) is 0 Å². The maximum Gasteiger partial charge on any atom is 0.338 e. The summed E-state index contributed by atoms with van der Waals surface area (Å²) >= 11 is 0. The minimum absolute atomic E-state index is 0.122. The van der Waals surface area contributed by atoms with E-state index in [2.05, 4.69) is 0 Å². The molecular formula is C49H46O14. The Labute approximate surface area is 362 Å². The van der Waals surface area contributed by atoms with Gasteiger partial charge in [0.05, 0.1) is 45.6 Å². The normalized spacial score (nSPS) is 13.0. The summed E-state index contributed by atoms with van der Waals surface area (Å²) in [5.74, 6) is -3.62. The highest BCUT2D eigenvalue weighted by molar-refractivity contribution is 6.01. The number of hydrogen-bond donors (Lipinski definition) is 1. The molecule has 0 radical (unpaired) electrons. The van der Waals surface area contributed by atoms with Gasteiger partial charge in [0.2, 0.25) is 0 Å². The van der Waals surface area contributed by atoms with E-state index >= 15 is 0 Å². The third-order valence-corrected chi connectivity index (χ3v) is 9.76. The van der Waals surface area contributed by atoms with Crippen molar-refractivity contribution in [3.05, 3.63) is 143 Å². The van der Waals surface area contributed by atoms with Crippen molar-refractivity contribution >= 4 is 68.1 Å². The molecule has 0 aliphatic carbocycles. The molecule has 0 aromatic heterocycles. The smallest absolute Gasteiger partial charge is 0.338 e. The van der Waals surface area contributed by atoms with Crippen molar-refractivity contribution in [2.24, 2.45) is 0 Å². The molecule has 6 aromatic rings. The van der Waals surface area contributed by atoms with Crippen LogP contribution in [0.15, 0.2) is 109 Å². The predicted octanol–water partition coefficient (Wildman–Crippen LogP) is 7.68. The Morgan fingerprint density at radius 1 is 0.381 bits per heavy atom. The third kappa shape index (κ3) is 12.0. The Kier molecular flexibility index (Phi) is 14.8. The van der Waals surface area contributed by atoms with Gasteiger partial charge in [-0.2, -0.15) is 0 Å². The average Bonchev–Trinajstić information content (AvgIpc) is 3.29. The van der Waals surface area contributed by atoms with E-state index in [0.29, 0.717) is 27.1 Å². The Balaban J connectivity index is 0.965. The minimum Gasteiger partial charge on any atom is -0.459 e. The highest BCUT2D eigenvalue weighted by Crippen LogP contribution is 2.23. The zero-order valence-electron chi connectivity index (χ0n) is 35.3. The van der Waals surface area contributed by atoms with Crippen molar-refractivity contribution in [3.8, 4) is 0 Å². The Hall–Kier alpha value is -7.16. The highest BCUT2D eigenvalue weighted by Gasteiger charge is 2.20. The van der Waals surface area contributed by atoms with Crippen molar-refractivity contribution in [2.75, 3.05) is 33.5 Å². The van der Waals surface area contributed by atoms with E-state index in [-0.39, 0.29) is 60.3 Å². The van der Waals surface area contributed by atoms with Gasteiger partial charge >= 0.3 is 35.8 Å². The Bertz CT molecular complexity index is 2680. The van der Waals surface area contributed by atoms with Crippen molar-refractivity contribution in [1.29, 1.82) is 0 Å². The largest absolute Gasteiger partial charge is 0.459 e. The summed E-state index contributed by atoms with van der Waals surface area (Å²) < 4.78 is 37.4. The summed E-state index contributed by atoms with van der Waals surface area (Å²) in [6, 6.07) is 29.4. The lowest BCUT2D eigenvalue weighted by molar-refractivity contribution is 0.00447. The van der Waals surface area contributed by atoms with Gasteiger partial charge in [0.1, 0.15) is 38.6 Å². The van der Waals surface area contributed by atoms with E-state index in [9.17, 15) is 33.9 Å². The SMILES string of the molecule is COC(C)COC(=O)c1ccc2cc(C(=O)OCC(C)OC(=O)c3ccc4cc(C(=O)OCC(C)OC(=O)c5ccc6ccc(C(=O)OCC(C)O)cc6c5)ccc4c3)ccc2c1. The van der Waals surface area contributed by atoms with E-state index < -0.39 is 54.1 Å². The van der Waals surface area contributed by atoms with Gasteiger partial charge in [-0.15, -0.1) is 0 Å². The summed E-state index contributed by atoms with van der Waals surface area (Å²) in [7, 11) is 1.53. The second kappa shape index (κ2) is 20.6. The number of fused-ring (bicyclic) bond motifs is 3. The number of hydrogen-bond acceptors (Lipinski definition) is 14. The van der Waals surface area contributed by atoms with E-state index in [4.69, 9.17) is 33.2 Å². The number of rotatable bonds is 17. The molecule has 63 heavy (non-hydrogen) atoms. The summed E-state index contributed by atoms with van der Waals surface area (Å²) in [5.41, 5.74) is 1.64. The van der Waals surface area contributed by atoms with E-state index in [1.165, 1.54) is 14.0 Å². The van der Waals surface area contributed by atoms with E-state index in [1.54, 1.807) is 130 Å². The van der Waals surface area contributed by atoms with Crippen LogP contribution in [0.25, 0.3) is 32.3 Å². The monoisotopic (exact) mass is 858 g/mol. The topological polar surface area (TPSA) is 187 Å². The first-order chi connectivity index (χ1) is 30.2. The molecule has 0 spiro atoms. The fraction of sp³-hybridized carbons (Fsp3) is 0.265. The first-order valence-corrected chi connectivity index (χ1v) is 20.1. The summed E-state index contributed by atoms with van der Waals surface area (Å²) in [6.07, 6.45) is -2.60. The molecule has 0 aliphatic heterocycles. The molecule has 14 nitrogen and oxygen atoms in total. The van der Waals surface area contributed by atoms with Crippen LogP contribution in [0.1, 0.15) is 89.8 Å². The van der Waals surface area contributed by atoms with E-state index in [0.717, 1.165) is 10.8 Å². The van der Waals surface area contributed by atoms with Crippen LogP contribution in [0.2, 0.25) is 0 Å². The number of methoxy groups -OCH3 is 1. The lowest BCUT2D eigenvalue weighted by Crippen LogP contribution is -2.22. The van der Waals surface area contributed by atoms with Crippen LogP contribution in [0, 0.1) is 0 Å². The highest BCUT2D eigenvalue weighted by atomic mass is 16.6. The fourth-order valence-electron chi connectivity index (χ4n) is 6.25. The van der Waals surface area contributed by atoms with Crippen LogP contribution >= 0.6 is 0 Å². The van der Waals surface area contributed by atoms with E-state index in [1.807, 2.05) is 0 Å². The van der Waals surface area contributed by atoms with Gasteiger partial charge in [-0.1, -0.05) is 36.4 Å².